The van der Waals surface area contributed by atoms with Crippen molar-refractivity contribution in [1.29, 1.82) is 0 Å². The highest BCUT2D eigenvalue weighted by Gasteiger charge is 2.37. The molecule has 0 aliphatic carbocycles. The molecule has 0 fully saturated rings. The summed E-state index contributed by atoms with van der Waals surface area (Å²) < 4.78 is 1.01. The number of pyridine rings is 1. The van der Waals surface area contributed by atoms with Crippen LogP contribution in [0.15, 0.2) is 18.3 Å². The van der Waals surface area contributed by atoms with Gasteiger partial charge in [-0.05, 0) is 58.8 Å². The molecular weight excluding hydrogens is 317 g/mol. The quantitative estimate of drug-likeness (QED) is 0.523. The molecule has 0 amide bonds. The summed E-state index contributed by atoms with van der Waals surface area (Å²) in [7, 11) is -2.11. The summed E-state index contributed by atoms with van der Waals surface area (Å²) in [6, 6.07) is 4.11. The molecule has 1 N–H and O–H groups in total. The summed E-state index contributed by atoms with van der Waals surface area (Å²) in [6.07, 6.45) is 2.80. The molecule has 2 nitrogen and oxygen atoms in total. The second kappa shape index (κ2) is 4.51. The predicted octanol–water partition coefficient (Wildman–Crippen LogP) is 3.21. The Balaban J connectivity index is 2.82. The molecule has 0 bridgehead atoms. The number of hydrogen-bond acceptors (Lipinski definition) is 2. The van der Waals surface area contributed by atoms with Crippen LogP contribution in [0.25, 0.3) is 0 Å². The van der Waals surface area contributed by atoms with Crippen molar-refractivity contribution in [3.8, 4) is 0 Å². The van der Waals surface area contributed by atoms with Crippen molar-refractivity contribution in [2.24, 2.45) is 0 Å². The van der Waals surface area contributed by atoms with E-state index in [9.17, 15) is 4.80 Å². The fraction of sp³-hybridized carbons (Fsp3) is 0.545. The summed E-state index contributed by atoms with van der Waals surface area (Å²) in [6.45, 7) is 8.26. The maximum Gasteiger partial charge on any atom is 0.188 e. The van der Waals surface area contributed by atoms with Gasteiger partial charge in [0, 0.05) is 6.20 Å². The summed E-state index contributed by atoms with van der Waals surface area (Å²) in [5.74, 6) is 0. The van der Waals surface area contributed by atoms with Gasteiger partial charge >= 0.3 is 0 Å². The van der Waals surface area contributed by atoms with Gasteiger partial charge in [0.05, 0.1) is 0 Å². The molecule has 0 saturated carbocycles. The molecular formula is C11H18INOSi. The van der Waals surface area contributed by atoms with Gasteiger partial charge in [0.15, 0.2) is 8.32 Å². The smallest absolute Gasteiger partial charge is 0.188 e. The normalized spacial score (nSPS) is 12.9. The van der Waals surface area contributed by atoms with E-state index in [1.54, 1.807) is 0 Å². The third-order valence-electron chi connectivity index (χ3n) is 3.09. The van der Waals surface area contributed by atoms with Gasteiger partial charge < -0.3 is 4.80 Å². The van der Waals surface area contributed by atoms with Crippen LogP contribution >= 0.6 is 22.6 Å². The highest BCUT2D eigenvalue weighted by Crippen LogP contribution is 2.38. The Kier molecular flexibility index (Phi) is 3.94. The highest BCUT2D eigenvalue weighted by molar-refractivity contribution is 14.1. The van der Waals surface area contributed by atoms with Gasteiger partial charge in [-0.25, -0.2) is 0 Å². The first-order chi connectivity index (χ1) is 6.72. The van der Waals surface area contributed by atoms with Crippen molar-refractivity contribution in [2.45, 2.75) is 38.4 Å². The van der Waals surface area contributed by atoms with Crippen molar-refractivity contribution in [2.75, 3.05) is 0 Å². The molecule has 0 aliphatic heterocycles. The zero-order valence-electron chi connectivity index (χ0n) is 9.71. The summed E-state index contributed by atoms with van der Waals surface area (Å²) in [5, 5.41) is -0.0124. The Labute approximate surface area is 106 Å². The van der Waals surface area contributed by atoms with Gasteiger partial charge in [-0.15, -0.1) is 0 Å². The van der Waals surface area contributed by atoms with Crippen molar-refractivity contribution >= 4 is 30.9 Å². The molecule has 0 aliphatic rings. The summed E-state index contributed by atoms with van der Waals surface area (Å²) >= 11 is 2.20. The standard InChI is InChI=1S/C11H18INOSi/c1-11(2,15(3,4)14)7-9-5-6-10(12)13-8-9/h5-6,8,14H,7H2,1-4H3. The molecule has 0 aromatic carbocycles. The number of aromatic nitrogens is 1. The average Bonchev–Trinajstić information content (AvgIpc) is 2.06. The van der Waals surface area contributed by atoms with Gasteiger partial charge in [0.25, 0.3) is 0 Å². The molecule has 0 atom stereocenters. The molecule has 15 heavy (non-hydrogen) atoms. The molecule has 84 valence electrons. The van der Waals surface area contributed by atoms with E-state index in [0.717, 1.165) is 10.1 Å². The van der Waals surface area contributed by atoms with E-state index >= 15 is 0 Å². The van der Waals surface area contributed by atoms with Gasteiger partial charge in [-0.1, -0.05) is 19.9 Å². The van der Waals surface area contributed by atoms with Crippen LogP contribution in [0.3, 0.4) is 0 Å². The lowest BCUT2D eigenvalue weighted by Gasteiger charge is -2.35. The first-order valence-corrected chi connectivity index (χ1v) is 9.08. The highest BCUT2D eigenvalue weighted by atomic mass is 127. The Morgan fingerprint density at radius 3 is 2.40 bits per heavy atom. The van der Waals surface area contributed by atoms with E-state index in [1.165, 1.54) is 5.56 Å². The van der Waals surface area contributed by atoms with Crippen molar-refractivity contribution in [3.05, 3.63) is 27.6 Å². The SMILES string of the molecule is CC(C)(Cc1ccc(I)nc1)[Si](C)(C)O. The fourth-order valence-corrected chi connectivity index (χ4v) is 2.19. The molecule has 0 spiro atoms. The van der Waals surface area contributed by atoms with Crippen LogP contribution in [0.5, 0.6) is 0 Å². The molecule has 1 rings (SSSR count). The summed E-state index contributed by atoms with van der Waals surface area (Å²) in [5.41, 5.74) is 1.20. The molecule has 1 aromatic heterocycles. The Hall–Kier alpha value is 0.0569. The van der Waals surface area contributed by atoms with Crippen molar-refractivity contribution < 1.29 is 4.80 Å². The molecule has 4 heteroatoms. The van der Waals surface area contributed by atoms with Crippen LogP contribution in [-0.4, -0.2) is 18.1 Å². The summed E-state index contributed by atoms with van der Waals surface area (Å²) in [4.78, 5) is 14.4. The van der Waals surface area contributed by atoms with Crippen LogP contribution in [-0.2, 0) is 6.42 Å². The second-order valence-electron chi connectivity index (χ2n) is 5.11. The minimum absolute atomic E-state index is 0.0124. The van der Waals surface area contributed by atoms with Crippen LogP contribution in [0, 0.1) is 3.70 Å². The maximum atomic E-state index is 10.2. The predicted molar refractivity (Wildman–Crippen MR) is 74.4 cm³/mol. The minimum Gasteiger partial charge on any atom is -0.432 e. The lowest BCUT2D eigenvalue weighted by Crippen LogP contribution is -2.40. The van der Waals surface area contributed by atoms with E-state index in [-0.39, 0.29) is 5.04 Å². The third-order valence-corrected chi connectivity index (χ3v) is 7.22. The topological polar surface area (TPSA) is 33.1 Å². The number of rotatable bonds is 3. The zero-order valence-corrected chi connectivity index (χ0v) is 12.9. The van der Waals surface area contributed by atoms with E-state index in [0.29, 0.717) is 0 Å². The van der Waals surface area contributed by atoms with E-state index in [4.69, 9.17) is 0 Å². The lowest BCUT2D eigenvalue weighted by atomic mass is 10.0. The number of halogens is 1. The Bertz CT molecular complexity index is 329. The van der Waals surface area contributed by atoms with Crippen LogP contribution < -0.4 is 0 Å². The molecule has 0 saturated heterocycles. The second-order valence-corrected chi connectivity index (χ2v) is 10.7. The van der Waals surface area contributed by atoms with Gasteiger partial charge in [0.1, 0.15) is 3.70 Å². The lowest BCUT2D eigenvalue weighted by molar-refractivity contribution is 0.467. The average molecular weight is 335 g/mol. The third kappa shape index (κ3) is 3.53. The van der Waals surface area contributed by atoms with E-state index in [1.807, 2.05) is 25.4 Å². The van der Waals surface area contributed by atoms with Gasteiger partial charge in [-0.3, -0.25) is 4.98 Å². The van der Waals surface area contributed by atoms with Crippen LogP contribution in [0.2, 0.25) is 18.1 Å². The van der Waals surface area contributed by atoms with Gasteiger partial charge in [-0.2, -0.15) is 0 Å². The maximum absolute atomic E-state index is 10.2. The largest absolute Gasteiger partial charge is 0.432 e. The van der Waals surface area contributed by atoms with Crippen LogP contribution in [0.1, 0.15) is 19.4 Å². The monoisotopic (exact) mass is 335 g/mol. The minimum atomic E-state index is -2.11. The first kappa shape index (κ1) is 13.1. The number of nitrogens with zero attached hydrogens (tertiary/aromatic N) is 1. The molecule has 1 aromatic rings. The van der Waals surface area contributed by atoms with Crippen molar-refractivity contribution in [1.82, 2.24) is 4.98 Å². The fourth-order valence-electron chi connectivity index (χ4n) is 1.24. The Morgan fingerprint density at radius 2 is 2.00 bits per heavy atom. The molecule has 0 unspecified atom stereocenters. The molecule has 0 radical (unpaired) electrons. The Morgan fingerprint density at radius 1 is 1.40 bits per heavy atom. The van der Waals surface area contributed by atoms with E-state index < -0.39 is 8.32 Å². The number of hydrogen-bond donors (Lipinski definition) is 1. The molecule has 1 heterocycles. The zero-order chi connectivity index (χ0) is 11.7. The van der Waals surface area contributed by atoms with Crippen molar-refractivity contribution in [3.63, 3.8) is 0 Å². The first-order valence-electron chi connectivity index (χ1n) is 5.05. The van der Waals surface area contributed by atoms with Crippen LogP contribution in [0.4, 0.5) is 0 Å². The van der Waals surface area contributed by atoms with E-state index in [2.05, 4.69) is 47.5 Å². The van der Waals surface area contributed by atoms with Gasteiger partial charge in [0.2, 0.25) is 0 Å².